The number of alkyl halides is 2. The number of hydrogen-bond donors (Lipinski definition) is 1. The van der Waals surface area contributed by atoms with Crippen molar-refractivity contribution in [1.29, 1.82) is 0 Å². The molecule has 0 amide bonds. The summed E-state index contributed by atoms with van der Waals surface area (Å²) in [6, 6.07) is 13.4. The monoisotopic (exact) mass is 293 g/mol. The van der Waals surface area contributed by atoms with E-state index in [1.165, 1.54) is 16.7 Å². The zero-order chi connectivity index (χ0) is 14.5. The molecule has 0 aliphatic carbocycles. The summed E-state index contributed by atoms with van der Waals surface area (Å²) in [6.07, 6.45) is 0. The van der Waals surface area contributed by atoms with Crippen LogP contribution in [0.5, 0.6) is 0 Å². The highest BCUT2D eigenvalue weighted by Gasteiger charge is 2.04. The number of nitrogens with one attached hydrogen (secondary N) is 1. The van der Waals surface area contributed by atoms with Crippen LogP contribution in [0.4, 0.5) is 14.5 Å². The fourth-order valence-corrected chi connectivity index (χ4v) is 2.37. The van der Waals surface area contributed by atoms with E-state index in [4.69, 9.17) is 0 Å². The smallest absolute Gasteiger partial charge is 0.288 e. The molecule has 1 N–H and O–H groups in total. The molecule has 0 radical (unpaired) electrons. The molecule has 0 saturated carbocycles. The lowest BCUT2D eigenvalue weighted by Crippen LogP contribution is -2.00. The van der Waals surface area contributed by atoms with Crippen LogP contribution in [0.3, 0.4) is 0 Å². The van der Waals surface area contributed by atoms with E-state index in [0.717, 1.165) is 12.2 Å². The van der Waals surface area contributed by atoms with Crippen LogP contribution < -0.4 is 5.32 Å². The van der Waals surface area contributed by atoms with Crippen LogP contribution in [0.2, 0.25) is 0 Å². The van der Waals surface area contributed by atoms with E-state index in [1.807, 2.05) is 12.1 Å². The summed E-state index contributed by atoms with van der Waals surface area (Å²) in [6.45, 7) is 4.91. The van der Waals surface area contributed by atoms with Gasteiger partial charge >= 0.3 is 0 Å². The number of rotatable bonds is 5. The van der Waals surface area contributed by atoms with Gasteiger partial charge in [0.2, 0.25) is 0 Å². The third kappa shape index (κ3) is 4.23. The van der Waals surface area contributed by atoms with Gasteiger partial charge in [-0.3, -0.25) is 0 Å². The van der Waals surface area contributed by atoms with Gasteiger partial charge < -0.3 is 5.32 Å². The molecule has 0 bridgehead atoms. The Bertz CT molecular complexity index is 567. The van der Waals surface area contributed by atoms with Crippen molar-refractivity contribution in [3.63, 3.8) is 0 Å². The Kier molecular flexibility index (Phi) is 5.01. The van der Waals surface area contributed by atoms with Gasteiger partial charge in [0.1, 0.15) is 0 Å². The lowest BCUT2D eigenvalue weighted by atomic mass is 10.1. The molecular formula is C16H17F2NS. The maximum Gasteiger partial charge on any atom is 0.288 e. The third-order valence-electron chi connectivity index (χ3n) is 3.15. The van der Waals surface area contributed by atoms with Crippen LogP contribution in [-0.4, -0.2) is 5.76 Å². The van der Waals surface area contributed by atoms with E-state index >= 15 is 0 Å². The largest absolute Gasteiger partial charge is 0.381 e. The van der Waals surface area contributed by atoms with Gasteiger partial charge in [0.15, 0.2) is 0 Å². The van der Waals surface area contributed by atoms with Gasteiger partial charge in [-0.1, -0.05) is 30.0 Å². The summed E-state index contributed by atoms with van der Waals surface area (Å²) in [5.41, 5.74) is 4.69. The Morgan fingerprint density at radius 2 is 1.70 bits per heavy atom. The molecular weight excluding hydrogens is 276 g/mol. The first kappa shape index (κ1) is 14.9. The molecule has 2 aromatic carbocycles. The highest BCUT2D eigenvalue weighted by Crippen LogP contribution is 2.26. The van der Waals surface area contributed by atoms with Crippen molar-refractivity contribution in [2.45, 2.75) is 31.0 Å². The van der Waals surface area contributed by atoms with Gasteiger partial charge in [0.25, 0.3) is 5.76 Å². The second-order valence-corrected chi connectivity index (χ2v) is 5.74. The molecule has 0 unspecified atom stereocenters. The van der Waals surface area contributed by atoms with Crippen LogP contribution in [0, 0.1) is 13.8 Å². The van der Waals surface area contributed by atoms with Crippen molar-refractivity contribution in [3.05, 3.63) is 59.2 Å². The summed E-state index contributed by atoms with van der Waals surface area (Å²) >= 11 is 0.564. The van der Waals surface area contributed by atoms with Crippen LogP contribution in [-0.2, 0) is 6.54 Å². The minimum absolute atomic E-state index is 0.564. The molecule has 0 heterocycles. The molecule has 106 valence electrons. The highest BCUT2D eigenvalue weighted by molar-refractivity contribution is 7.99. The fraction of sp³-hybridized carbons (Fsp3) is 0.250. The van der Waals surface area contributed by atoms with E-state index < -0.39 is 5.76 Å². The highest BCUT2D eigenvalue weighted by atomic mass is 32.2. The van der Waals surface area contributed by atoms with Gasteiger partial charge in [-0.25, -0.2) is 0 Å². The number of hydrogen-bond acceptors (Lipinski definition) is 2. The zero-order valence-corrected chi connectivity index (χ0v) is 12.3. The molecule has 1 nitrogen and oxygen atoms in total. The second kappa shape index (κ2) is 6.75. The first-order chi connectivity index (χ1) is 9.54. The second-order valence-electron chi connectivity index (χ2n) is 4.68. The Morgan fingerprint density at radius 1 is 1.00 bits per heavy atom. The summed E-state index contributed by atoms with van der Waals surface area (Å²) < 4.78 is 24.4. The Balaban J connectivity index is 1.95. The molecule has 0 aliphatic heterocycles. The number of aryl methyl sites for hydroxylation is 2. The SMILES string of the molecule is Cc1ccc(CNc2ccc(SC(F)F)cc2)cc1C. The molecule has 0 spiro atoms. The van der Waals surface area contributed by atoms with Gasteiger partial charge in [-0.05, 0) is 54.8 Å². The first-order valence-electron chi connectivity index (χ1n) is 6.39. The lowest BCUT2D eigenvalue weighted by molar-refractivity contribution is 0.252. The normalized spacial score (nSPS) is 10.8. The minimum atomic E-state index is -2.37. The van der Waals surface area contributed by atoms with Crippen molar-refractivity contribution in [2.75, 3.05) is 5.32 Å². The maximum atomic E-state index is 12.2. The summed E-state index contributed by atoms with van der Waals surface area (Å²) in [4.78, 5) is 0.580. The average Bonchev–Trinajstić information content (AvgIpc) is 2.41. The zero-order valence-electron chi connectivity index (χ0n) is 11.5. The molecule has 0 aliphatic rings. The van der Waals surface area contributed by atoms with Crippen molar-refractivity contribution in [3.8, 4) is 0 Å². The number of benzene rings is 2. The topological polar surface area (TPSA) is 12.0 Å². The Labute approximate surface area is 122 Å². The van der Waals surface area contributed by atoms with Crippen LogP contribution in [0.1, 0.15) is 16.7 Å². The summed E-state index contributed by atoms with van der Waals surface area (Å²) in [5, 5.41) is 3.29. The van der Waals surface area contributed by atoms with Gasteiger partial charge in [0.05, 0.1) is 0 Å². The number of anilines is 1. The van der Waals surface area contributed by atoms with Crippen molar-refractivity contribution in [1.82, 2.24) is 0 Å². The van der Waals surface area contributed by atoms with Crippen LogP contribution >= 0.6 is 11.8 Å². The lowest BCUT2D eigenvalue weighted by Gasteiger charge is -2.09. The molecule has 0 fully saturated rings. The predicted octanol–water partition coefficient (Wildman–Crippen LogP) is 5.23. The van der Waals surface area contributed by atoms with E-state index in [0.29, 0.717) is 16.7 Å². The minimum Gasteiger partial charge on any atom is -0.381 e. The quantitative estimate of drug-likeness (QED) is 0.757. The summed E-state index contributed by atoms with van der Waals surface area (Å²) in [5.74, 6) is -2.37. The van der Waals surface area contributed by atoms with Crippen LogP contribution in [0.15, 0.2) is 47.4 Å². The van der Waals surface area contributed by atoms with Crippen LogP contribution in [0.25, 0.3) is 0 Å². The molecule has 2 rings (SSSR count). The molecule has 4 heteroatoms. The van der Waals surface area contributed by atoms with Gasteiger partial charge in [0, 0.05) is 17.1 Å². The molecule has 0 saturated heterocycles. The van der Waals surface area contributed by atoms with Gasteiger partial charge in [-0.2, -0.15) is 8.78 Å². The van der Waals surface area contributed by atoms with E-state index in [9.17, 15) is 8.78 Å². The maximum absolute atomic E-state index is 12.2. The number of halogens is 2. The van der Waals surface area contributed by atoms with E-state index in [-0.39, 0.29) is 0 Å². The Hall–Kier alpha value is -1.55. The van der Waals surface area contributed by atoms with E-state index in [1.54, 1.807) is 12.1 Å². The molecule has 20 heavy (non-hydrogen) atoms. The van der Waals surface area contributed by atoms with E-state index in [2.05, 4.69) is 37.4 Å². The fourth-order valence-electron chi connectivity index (χ4n) is 1.87. The Morgan fingerprint density at radius 3 is 2.30 bits per heavy atom. The first-order valence-corrected chi connectivity index (χ1v) is 7.27. The average molecular weight is 293 g/mol. The standard InChI is InChI=1S/C16H17F2NS/c1-11-3-4-13(9-12(11)2)10-19-14-5-7-15(8-6-14)20-16(17)18/h3-9,16,19H,10H2,1-2H3. The third-order valence-corrected chi connectivity index (χ3v) is 3.87. The molecule has 0 atom stereocenters. The number of thioether (sulfide) groups is 1. The van der Waals surface area contributed by atoms with Crippen molar-refractivity contribution < 1.29 is 8.78 Å². The predicted molar refractivity (Wildman–Crippen MR) is 81.5 cm³/mol. The van der Waals surface area contributed by atoms with Crippen molar-refractivity contribution in [2.24, 2.45) is 0 Å². The van der Waals surface area contributed by atoms with Gasteiger partial charge in [-0.15, -0.1) is 0 Å². The molecule has 2 aromatic rings. The summed E-state index contributed by atoms with van der Waals surface area (Å²) in [7, 11) is 0. The molecule has 0 aromatic heterocycles. The van der Waals surface area contributed by atoms with Crippen molar-refractivity contribution >= 4 is 17.4 Å².